The summed E-state index contributed by atoms with van der Waals surface area (Å²) >= 11 is 11.4. The van der Waals surface area contributed by atoms with E-state index >= 15 is 0 Å². The Hall–Kier alpha value is -0.850. The maximum Gasteiger partial charge on any atom is 0.159 e. The summed E-state index contributed by atoms with van der Waals surface area (Å²) in [5, 5.41) is 6.69. The molecule has 0 N–H and O–H groups in total. The second kappa shape index (κ2) is 6.10. The molecule has 0 saturated carbocycles. The number of fused-ring (bicyclic) bond motifs is 1. The van der Waals surface area contributed by atoms with Crippen molar-refractivity contribution in [3.63, 3.8) is 0 Å². The Balaban J connectivity index is 2.14. The van der Waals surface area contributed by atoms with Gasteiger partial charge in [-0.05, 0) is 33.8 Å². The Morgan fingerprint density at radius 3 is 2.86 bits per heavy atom. The minimum atomic E-state index is 0.406. The van der Waals surface area contributed by atoms with Crippen LogP contribution in [0.25, 0.3) is 11.2 Å². The lowest BCUT2D eigenvalue weighted by atomic mass is 10.2. The van der Waals surface area contributed by atoms with E-state index in [4.69, 9.17) is 16.6 Å². The molecule has 0 fully saturated rings. The van der Waals surface area contributed by atoms with Gasteiger partial charge in [-0.2, -0.15) is 5.10 Å². The van der Waals surface area contributed by atoms with Gasteiger partial charge in [0.1, 0.15) is 11.3 Å². The Labute approximate surface area is 140 Å². The molecule has 4 nitrogen and oxygen atoms in total. The van der Waals surface area contributed by atoms with Gasteiger partial charge < -0.3 is 4.57 Å². The fourth-order valence-electron chi connectivity index (χ4n) is 2.54. The third kappa shape index (κ3) is 2.64. The molecule has 0 atom stereocenters. The number of hydrogen-bond donors (Lipinski definition) is 0. The molecule has 3 aromatic rings. The van der Waals surface area contributed by atoms with Crippen LogP contribution < -0.4 is 0 Å². The molecule has 0 unspecified atom stereocenters. The van der Waals surface area contributed by atoms with E-state index in [2.05, 4.69) is 44.0 Å². The lowest BCUT2D eigenvalue weighted by Crippen LogP contribution is -2.07. The zero-order valence-corrected chi connectivity index (χ0v) is 15.1. The van der Waals surface area contributed by atoms with Crippen molar-refractivity contribution in [2.75, 3.05) is 0 Å². The molecule has 3 aromatic heterocycles. The summed E-state index contributed by atoms with van der Waals surface area (Å²) in [4.78, 5) is 5.98. The number of imidazole rings is 1. The van der Waals surface area contributed by atoms with Gasteiger partial charge in [-0.3, -0.25) is 4.68 Å². The molecule has 0 radical (unpaired) electrons. The number of thiophene rings is 1. The zero-order valence-electron chi connectivity index (χ0n) is 11.9. The van der Waals surface area contributed by atoms with Crippen LogP contribution in [-0.2, 0) is 25.9 Å². The Morgan fingerprint density at radius 2 is 2.24 bits per heavy atom. The Morgan fingerprint density at radius 1 is 1.43 bits per heavy atom. The van der Waals surface area contributed by atoms with E-state index in [0.717, 1.165) is 46.5 Å². The van der Waals surface area contributed by atoms with Crippen molar-refractivity contribution in [1.29, 1.82) is 0 Å². The number of rotatable bonds is 5. The predicted molar refractivity (Wildman–Crippen MR) is 91.2 cm³/mol. The highest BCUT2D eigenvalue weighted by molar-refractivity contribution is 9.10. The molecule has 3 heterocycles. The van der Waals surface area contributed by atoms with Gasteiger partial charge in [0.15, 0.2) is 5.65 Å². The quantitative estimate of drug-likeness (QED) is 0.611. The molecule has 0 saturated heterocycles. The van der Waals surface area contributed by atoms with E-state index in [1.54, 1.807) is 11.3 Å². The van der Waals surface area contributed by atoms with Crippen LogP contribution in [-0.4, -0.2) is 19.3 Å². The van der Waals surface area contributed by atoms with Gasteiger partial charge in [0.2, 0.25) is 0 Å². The van der Waals surface area contributed by atoms with Crippen LogP contribution >= 0.6 is 38.9 Å². The van der Waals surface area contributed by atoms with Crippen LogP contribution in [0.3, 0.4) is 0 Å². The average Bonchev–Trinajstić information content (AvgIpc) is 3.10. The summed E-state index contributed by atoms with van der Waals surface area (Å²) in [6.45, 7) is 2.92. The van der Waals surface area contributed by atoms with Crippen molar-refractivity contribution in [2.45, 2.75) is 32.2 Å². The van der Waals surface area contributed by atoms with Crippen LogP contribution in [0.5, 0.6) is 0 Å². The third-order valence-electron chi connectivity index (χ3n) is 3.47. The first-order chi connectivity index (χ1) is 10.2. The average molecular weight is 388 g/mol. The van der Waals surface area contributed by atoms with Gasteiger partial charge in [-0.25, -0.2) is 4.98 Å². The van der Waals surface area contributed by atoms with Gasteiger partial charge in [0, 0.05) is 16.4 Å². The molecule has 21 heavy (non-hydrogen) atoms. The monoisotopic (exact) mass is 386 g/mol. The zero-order chi connectivity index (χ0) is 15.0. The van der Waals surface area contributed by atoms with E-state index in [1.807, 2.05) is 11.7 Å². The fourth-order valence-corrected chi connectivity index (χ4v) is 4.21. The summed E-state index contributed by atoms with van der Waals surface area (Å²) in [5.41, 5.74) is 3.10. The normalized spacial score (nSPS) is 11.6. The first kappa shape index (κ1) is 15.1. The van der Waals surface area contributed by atoms with Crippen LogP contribution in [0.2, 0.25) is 0 Å². The molecule has 0 bridgehead atoms. The fraction of sp³-hybridized carbons (Fsp3) is 0.429. The van der Waals surface area contributed by atoms with Crippen LogP contribution in [0.1, 0.15) is 29.7 Å². The first-order valence-corrected chi connectivity index (χ1v) is 9.05. The van der Waals surface area contributed by atoms with E-state index in [9.17, 15) is 0 Å². The molecule has 0 amide bonds. The van der Waals surface area contributed by atoms with Crippen molar-refractivity contribution in [3.05, 3.63) is 32.3 Å². The SMILES string of the molecule is CCCc1nn(C)c2c1nc(CCl)n2Cc1sccc1Br. The van der Waals surface area contributed by atoms with Crippen molar-refractivity contribution in [3.8, 4) is 0 Å². The Bertz CT molecular complexity index is 773. The Kier molecular flexibility index (Phi) is 4.38. The van der Waals surface area contributed by atoms with Crippen molar-refractivity contribution < 1.29 is 0 Å². The summed E-state index contributed by atoms with van der Waals surface area (Å²) in [6, 6.07) is 2.07. The largest absolute Gasteiger partial charge is 0.307 e. The molecular weight excluding hydrogens is 372 g/mol. The van der Waals surface area contributed by atoms with E-state index in [-0.39, 0.29) is 0 Å². The smallest absolute Gasteiger partial charge is 0.159 e. The summed E-state index contributed by atoms with van der Waals surface area (Å²) in [6.07, 6.45) is 2.00. The van der Waals surface area contributed by atoms with Gasteiger partial charge in [0.05, 0.1) is 18.1 Å². The van der Waals surface area contributed by atoms with Crippen LogP contribution in [0.15, 0.2) is 15.9 Å². The van der Waals surface area contributed by atoms with Crippen molar-refractivity contribution in [1.82, 2.24) is 19.3 Å². The number of nitrogens with zero attached hydrogens (tertiary/aromatic N) is 4. The second-order valence-corrected chi connectivity index (χ2v) is 7.05. The second-order valence-electron chi connectivity index (χ2n) is 4.93. The summed E-state index contributed by atoms with van der Waals surface area (Å²) in [5.74, 6) is 1.31. The van der Waals surface area contributed by atoms with Crippen LogP contribution in [0.4, 0.5) is 0 Å². The minimum absolute atomic E-state index is 0.406. The van der Waals surface area contributed by atoms with Gasteiger partial charge >= 0.3 is 0 Å². The maximum absolute atomic E-state index is 6.10. The third-order valence-corrected chi connectivity index (χ3v) is 5.62. The standard InChI is InChI=1S/C14H16BrClN4S/c1-3-4-10-13-14(19(2)18-10)20(12(7-16)17-13)8-11-9(15)5-6-21-11/h5-6H,3-4,7-8H2,1-2H3. The maximum atomic E-state index is 6.10. The van der Waals surface area contributed by atoms with Crippen LogP contribution in [0, 0.1) is 0 Å². The highest BCUT2D eigenvalue weighted by Gasteiger charge is 2.19. The summed E-state index contributed by atoms with van der Waals surface area (Å²) in [7, 11) is 1.97. The molecule has 0 aliphatic heterocycles. The van der Waals surface area contributed by atoms with Gasteiger partial charge in [0.25, 0.3) is 0 Å². The highest BCUT2D eigenvalue weighted by Crippen LogP contribution is 2.27. The lowest BCUT2D eigenvalue weighted by molar-refractivity contribution is 0.695. The molecule has 0 aliphatic carbocycles. The van der Waals surface area contributed by atoms with Gasteiger partial charge in [-0.1, -0.05) is 13.3 Å². The lowest BCUT2D eigenvalue weighted by Gasteiger charge is -2.07. The number of halogens is 2. The summed E-state index contributed by atoms with van der Waals surface area (Å²) < 4.78 is 5.22. The van der Waals surface area contributed by atoms with Crippen molar-refractivity contribution in [2.24, 2.45) is 7.05 Å². The minimum Gasteiger partial charge on any atom is -0.307 e. The number of aryl methyl sites for hydroxylation is 2. The first-order valence-electron chi connectivity index (χ1n) is 6.84. The van der Waals surface area contributed by atoms with E-state index in [1.165, 1.54) is 4.88 Å². The molecule has 3 rings (SSSR count). The molecule has 7 heteroatoms. The number of alkyl halides is 1. The molecular formula is C14H16BrClN4S. The molecule has 0 aromatic carbocycles. The van der Waals surface area contributed by atoms with E-state index < -0.39 is 0 Å². The molecule has 0 aliphatic rings. The topological polar surface area (TPSA) is 35.6 Å². The van der Waals surface area contributed by atoms with Crippen molar-refractivity contribution >= 4 is 50.0 Å². The molecule has 0 spiro atoms. The molecule has 112 valence electrons. The van der Waals surface area contributed by atoms with Gasteiger partial charge in [-0.15, -0.1) is 22.9 Å². The number of aromatic nitrogens is 4. The number of hydrogen-bond acceptors (Lipinski definition) is 3. The highest BCUT2D eigenvalue weighted by atomic mass is 79.9. The van der Waals surface area contributed by atoms with E-state index in [0.29, 0.717) is 5.88 Å². The predicted octanol–water partition coefficient (Wildman–Crippen LogP) is 4.33.